The summed E-state index contributed by atoms with van der Waals surface area (Å²) in [6.07, 6.45) is 0.745. The summed E-state index contributed by atoms with van der Waals surface area (Å²) in [5.74, 6) is -0.991. The fourth-order valence-electron chi connectivity index (χ4n) is 3.23. The first-order chi connectivity index (χ1) is 16.6. The van der Waals surface area contributed by atoms with Gasteiger partial charge in [-0.05, 0) is 55.8 Å². The van der Waals surface area contributed by atoms with Crippen LogP contribution >= 0.6 is 23.2 Å². The van der Waals surface area contributed by atoms with E-state index in [1.807, 2.05) is 13.8 Å². The Kier molecular flexibility index (Phi) is 8.77. The van der Waals surface area contributed by atoms with Crippen LogP contribution in [0.25, 0.3) is 0 Å². The SMILES string of the molecule is CC[C@@H](C)NC(=O)c1ccccc1NC(=O)CN(c1cc(Cl)cc(Cl)c1)S(=O)(=O)c1ccccc1. The molecular formula is C25H25Cl2N3O4S. The minimum atomic E-state index is -4.14. The quantitative estimate of drug-likeness (QED) is 0.387. The van der Waals surface area contributed by atoms with Crippen molar-refractivity contribution in [2.24, 2.45) is 0 Å². The number of benzene rings is 3. The zero-order valence-electron chi connectivity index (χ0n) is 19.2. The molecule has 0 saturated carbocycles. The number of hydrogen-bond donors (Lipinski definition) is 2. The summed E-state index contributed by atoms with van der Waals surface area (Å²) in [7, 11) is -4.14. The van der Waals surface area contributed by atoms with E-state index in [0.717, 1.165) is 10.7 Å². The molecule has 0 aliphatic carbocycles. The first-order valence-electron chi connectivity index (χ1n) is 10.9. The highest BCUT2D eigenvalue weighted by Gasteiger charge is 2.28. The van der Waals surface area contributed by atoms with E-state index in [2.05, 4.69) is 10.6 Å². The lowest BCUT2D eigenvalue weighted by atomic mass is 10.1. The fourth-order valence-corrected chi connectivity index (χ4v) is 5.17. The Morgan fingerprint density at radius 2 is 1.54 bits per heavy atom. The maximum absolute atomic E-state index is 13.5. The lowest BCUT2D eigenvalue weighted by Crippen LogP contribution is -2.38. The maximum Gasteiger partial charge on any atom is 0.264 e. The largest absolute Gasteiger partial charge is 0.350 e. The maximum atomic E-state index is 13.5. The predicted molar refractivity (Wildman–Crippen MR) is 140 cm³/mol. The van der Waals surface area contributed by atoms with E-state index >= 15 is 0 Å². The molecule has 10 heteroatoms. The normalized spacial score (nSPS) is 12.0. The van der Waals surface area contributed by atoms with Crippen LogP contribution in [0.1, 0.15) is 30.6 Å². The van der Waals surface area contributed by atoms with Crippen LogP contribution in [0.2, 0.25) is 10.0 Å². The zero-order valence-corrected chi connectivity index (χ0v) is 21.5. The molecule has 2 N–H and O–H groups in total. The number of halogens is 2. The average molecular weight is 534 g/mol. The van der Waals surface area contributed by atoms with Crippen molar-refractivity contribution < 1.29 is 18.0 Å². The molecule has 35 heavy (non-hydrogen) atoms. The van der Waals surface area contributed by atoms with Crippen molar-refractivity contribution in [3.8, 4) is 0 Å². The molecule has 0 spiro atoms. The lowest BCUT2D eigenvalue weighted by molar-refractivity contribution is -0.114. The minimum Gasteiger partial charge on any atom is -0.350 e. The Bertz CT molecular complexity index is 1300. The second-order valence-electron chi connectivity index (χ2n) is 7.83. The number of amides is 2. The van der Waals surface area contributed by atoms with Gasteiger partial charge in [-0.15, -0.1) is 0 Å². The summed E-state index contributed by atoms with van der Waals surface area (Å²) in [5, 5.41) is 5.95. The fraction of sp³-hybridized carbons (Fsp3) is 0.200. The van der Waals surface area contributed by atoms with E-state index in [1.165, 1.54) is 30.3 Å². The van der Waals surface area contributed by atoms with Crippen LogP contribution in [0.15, 0.2) is 77.7 Å². The lowest BCUT2D eigenvalue weighted by Gasteiger charge is -2.25. The number of nitrogens with zero attached hydrogens (tertiary/aromatic N) is 1. The van der Waals surface area contributed by atoms with Crippen LogP contribution in [-0.2, 0) is 14.8 Å². The zero-order chi connectivity index (χ0) is 25.6. The van der Waals surface area contributed by atoms with Gasteiger partial charge >= 0.3 is 0 Å². The van der Waals surface area contributed by atoms with Crippen molar-refractivity contribution in [3.05, 3.63) is 88.4 Å². The molecule has 0 aliphatic heterocycles. The minimum absolute atomic E-state index is 0.00257. The van der Waals surface area contributed by atoms with Crippen LogP contribution in [0.5, 0.6) is 0 Å². The molecule has 0 radical (unpaired) electrons. The summed E-state index contributed by atoms with van der Waals surface area (Å²) in [5.41, 5.74) is 0.660. The van der Waals surface area contributed by atoms with E-state index in [-0.39, 0.29) is 43.8 Å². The van der Waals surface area contributed by atoms with E-state index in [0.29, 0.717) is 0 Å². The van der Waals surface area contributed by atoms with Crippen molar-refractivity contribution in [1.29, 1.82) is 0 Å². The number of hydrogen-bond acceptors (Lipinski definition) is 4. The molecule has 1 atom stereocenters. The Labute approximate surface area is 215 Å². The van der Waals surface area contributed by atoms with E-state index in [9.17, 15) is 18.0 Å². The van der Waals surface area contributed by atoms with Crippen LogP contribution in [0.3, 0.4) is 0 Å². The molecule has 3 aromatic carbocycles. The van der Waals surface area contributed by atoms with Gasteiger partial charge in [-0.1, -0.05) is 60.5 Å². The van der Waals surface area contributed by atoms with Gasteiger partial charge in [-0.3, -0.25) is 13.9 Å². The monoisotopic (exact) mass is 533 g/mol. The van der Waals surface area contributed by atoms with Gasteiger partial charge in [0.1, 0.15) is 6.54 Å². The van der Waals surface area contributed by atoms with Gasteiger partial charge in [0.05, 0.1) is 21.8 Å². The molecule has 0 fully saturated rings. The predicted octanol–water partition coefficient (Wildman–Crippen LogP) is 5.36. The van der Waals surface area contributed by atoms with Gasteiger partial charge in [0.2, 0.25) is 5.91 Å². The Hall–Kier alpha value is -3.07. The van der Waals surface area contributed by atoms with E-state index < -0.39 is 22.5 Å². The third kappa shape index (κ3) is 6.75. The molecule has 3 aromatic rings. The molecule has 0 heterocycles. The number of sulfonamides is 1. The van der Waals surface area contributed by atoms with Crippen molar-refractivity contribution in [3.63, 3.8) is 0 Å². The molecule has 184 valence electrons. The van der Waals surface area contributed by atoms with Gasteiger partial charge in [-0.2, -0.15) is 0 Å². The number of rotatable bonds is 9. The first-order valence-corrected chi connectivity index (χ1v) is 13.0. The average Bonchev–Trinajstić information content (AvgIpc) is 2.82. The second kappa shape index (κ2) is 11.6. The van der Waals surface area contributed by atoms with Gasteiger partial charge in [-0.25, -0.2) is 8.42 Å². The third-order valence-corrected chi connectivity index (χ3v) is 7.41. The number of nitrogens with one attached hydrogen (secondary N) is 2. The molecule has 2 amide bonds. The molecule has 3 rings (SSSR count). The van der Waals surface area contributed by atoms with Crippen LogP contribution in [0.4, 0.5) is 11.4 Å². The van der Waals surface area contributed by atoms with Gasteiger partial charge in [0.15, 0.2) is 0 Å². The van der Waals surface area contributed by atoms with E-state index in [4.69, 9.17) is 23.2 Å². The highest BCUT2D eigenvalue weighted by Crippen LogP contribution is 2.30. The van der Waals surface area contributed by atoms with Crippen molar-refractivity contribution in [1.82, 2.24) is 5.32 Å². The number of para-hydroxylation sites is 1. The summed E-state index contributed by atoms with van der Waals surface area (Å²) < 4.78 is 27.9. The summed E-state index contributed by atoms with van der Waals surface area (Å²) in [6.45, 7) is 3.25. The Morgan fingerprint density at radius 3 is 2.17 bits per heavy atom. The van der Waals surface area contributed by atoms with Crippen molar-refractivity contribution in [2.75, 3.05) is 16.2 Å². The van der Waals surface area contributed by atoms with Crippen LogP contribution < -0.4 is 14.9 Å². The van der Waals surface area contributed by atoms with Crippen molar-refractivity contribution in [2.45, 2.75) is 31.2 Å². The molecule has 0 unspecified atom stereocenters. The summed E-state index contributed by atoms with van der Waals surface area (Å²) >= 11 is 12.2. The number of anilines is 2. The number of carbonyl (C=O) groups is 2. The third-order valence-electron chi connectivity index (χ3n) is 5.19. The molecule has 0 aliphatic rings. The van der Waals surface area contributed by atoms with Gasteiger partial charge in [0, 0.05) is 16.1 Å². The molecule has 7 nitrogen and oxygen atoms in total. The topological polar surface area (TPSA) is 95.6 Å². The molecule has 0 bridgehead atoms. The first kappa shape index (κ1) is 26.5. The van der Waals surface area contributed by atoms with Gasteiger partial charge in [0.25, 0.3) is 15.9 Å². The summed E-state index contributed by atoms with van der Waals surface area (Å²) in [6, 6.07) is 18.5. The highest BCUT2D eigenvalue weighted by molar-refractivity contribution is 7.92. The van der Waals surface area contributed by atoms with E-state index in [1.54, 1.807) is 42.5 Å². The molecular weight excluding hydrogens is 509 g/mol. The van der Waals surface area contributed by atoms with Crippen LogP contribution in [0, 0.1) is 0 Å². The molecule has 0 aromatic heterocycles. The second-order valence-corrected chi connectivity index (χ2v) is 10.6. The number of carbonyl (C=O) groups excluding carboxylic acids is 2. The summed E-state index contributed by atoms with van der Waals surface area (Å²) in [4.78, 5) is 25.8. The van der Waals surface area contributed by atoms with Crippen molar-refractivity contribution >= 4 is 56.4 Å². The standard InChI is InChI=1S/C25H25Cl2N3O4S/c1-3-17(2)28-25(32)22-11-7-8-12-23(22)29-24(31)16-30(20-14-18(26)13-19(27)15-20)35(33,34)21-9-5-4-6-10-21/h4-15,17H,3,16H2,1-2H3,(H,28,32)(H,29,31)/t17-/m1/s1. The van der Waals surface area contributed by atoms with Gasteiger partial charge < -0.3 is 10.6 Å². The Morgan fingerprint density at radius 1 is 0.943 bits per heavy atom. The highest BCUT2D eigenvalue weighted by atomic mass is 35.5. The molecule has 0 saturated heterocycles. The van der Waals surface area contributed by atoms with Crippen LogP contribution in [-0.4, -0.2) is 32.8 Å². The Balaban J connectivity index is 1.94. The smallest absolute Gasteiger partial charge is 0.264 e.